The Hall–Kier alpha value is -3.30. The molecule has 1 aliphatic carbocycles. The number of carbonyl (C=O) groups excluding carboxylic acids is 1. The molecule has 0 bridgehead atoms. The Kier molecular flexibility index (Phi) is 7.00. The Morgan fingerprint density at radius 3 is 2.35 bits per heavy atom. The van der Waals surface area contributed by atoms with Crippen molar-refractivity contribution >= 4 is 15.9 Å². The average Bonchev–Trinajstić information content (AvgIpc) is 3.66. The number of amides is 1. The van der Waals surface area contributed by atoms with Gasteiger partial charge in [-0.05, 0) is 42.0 Å². The number of benzene rings is 3. The molecule has 3 aromatic carbocycles. The van der Waals surface area contributed by atoms with E-state index >= 15 is 0 Å². The molecule has 1 atom stereocenters. The van der Waals surface area contributed by atoms with Crippen LogP contribution in [0.2, 0.25) is 0 Å². The van der Waals surface area contributed by atoms with Crippen molar-refractivity contribution in [3.63, 3.8) is 0 Å². The highest BCUT2D eigenvalue weighted by molar-refractivity contribution is 7.89. The lowest BCUT2D eigenvalue weighted by atomic mass is 9.90. The van der Waals surface area contributed by atoms with Crippen LogP contribution in [0.25, 0.3) is 0 Å². The lowest BCUT2D eigenvalue weighted by molar-refractivity contribution is 0.0365. The van der Waals surface area contributed by atoms with Gasteiger partial charge in [-0.2, -0.15) is 0 Å². The number of rotatable bonds is 9. The predicted molar refractivity (Wildman–Crippen MR) is 136 cm³/mol. The van der Waals surface area contributed by atoms with Gasteiger partial charge in [0.25, 0.3) is 5.91 Å². The van der Waals surface area contributed by atoms with Gasteiger partial charge in [0.1, 0.15) is 17.4 Å². The first-order valence-corrected chi connectivity index (χ1v) is 14.1. The molecule has 2 aliphatic rings. The molecular weight excluding hydrogens is 498 g/mol. The largest absolute Gasteiger partial charge is 0.493 e. The SMILES string of the molecule is CS(=O)(=O)NC(=O)c1cc(C2CC2)c(OCC2CN([C@@H](c3ccccc3)c3ccccc3F)C2)cc1F. The first-order chi connectivity index (χ1) is 17.7. The van der Waals surface area contributed by atoms with Crippen molar-refractivity contribution in [3.8, 4) is 5.75 Å². The standard InChI is InChI=1S/C28H28F2N2O4S/c1-37(34,35)31-28(33)23-13-22(19-11-12-19)26(14-25(23)30)36-17-18-15-32(16-18)27(20-7-3-2-4-8-20)21-9-5-6-10-24(21)29/h2-10,13-14,18-19,27H,11-12,15-17H2,1H3,(H,31,33)/t27-/m0/s1. The summed E-state index contributed by atoms with van der Waals surface area (Å²) in [5.74, 6) is -1.38. The number of likely N-dealkylation sites (tertiary alicyclic amines) is 1. The average molecular weight is 527 g/mol. The van der Waals surface area contributed by atoms with Gasteiger partial charge in [0, 0.05) is 30.6 Å². The summed E-state index contributed by atoms with van der Waals surface area (Å²) in [6, 6.07) is 19.0. The summed E-state index contributed by atoms with van der Waals surface area (Å²) in [7, 11) is -3.81. The van der Waals surface area contributed by atoms with Gasteiger partial charge in [-0.15, -0.1) is 0 Å². The van der Waals surface area contributed by atoms with Crippen LogP contribution in [0.15, 0.2) is 66.7 Å². The fourth-order valence-corrected chi connectivity index (χ4v) is 5.31. The monoisotopic (exact) mass is 526 g/mol. The number of sulfonamides is 1. The molecule has 1 N–H and O–H groups in total. The number of nitrogens with zero attached hydrogens (tertiary/aromatic N) is 1. The molecule has 3 aromatic rings. The molecule has 2 fully saturated rings. The number of ether oxygens (including phenoxy) is 1. The van der Waals surface area contributed by atoms with E-state index in [1.807, 2.05) is 47.2 Å². The highest BCUT2D eigenvalue weighted by atomic mass is 32.2. The van der Waals surface area contributed by atoms with E-state index in [0.29, 0.717) is 36.6 Å². The van der Waals surface area contributed by atoms with E-state index in [1.165, 1.54) is 18.2 Å². The number of hydrogen-bond acceptors (Lipinski definition) is 5. The fourth-order valence-electron chi connectivity index (χ4n) is 4.86. The third-order valence-electron chi connectivity index (χ3n) is 6.78. The zero-order valence-corrected chi connectivity index (χ0v) is 21.2. The quantitative estimate of drug-likeness (QED) is 0.440. The highest BCUT2D eigenvalue weighted by Gasteiger charge is 2.36. The first kappa shape index (κ1) is 25.4. The van der Waals surface area contributed by atoms with E-state index in [2.05, 4.69) is 4.90 Å². The number of carbonyl (C=O) groups is 1. The van der Waals surface area contributed by atoms with Crippen molar-refractivity contribution in [3.05, 3.63) is 101 Å². The van der Waals surface area contributed by atoms with Crippen LogP contribution in [-0.2, 0) is 10.0 Å². The highest BCUT2D eigenvalue weighted by Crippen LogP contribution is 2.45. The summed E-state index contributed by atoms with van der Waals surface area (Å²) >= 11 is 0. The molecule has 0 radical (unpaired) electrons. The van der Waals surface area contributed by atoms with E-state index in [-0.39, 0.29) is 29.3 Å². The van der Waals surface area contributed by atoms with Gasteiger partial charge in [0.15, 0.2) is 0 Å². The van der Waals surface area contributed by atoms with E-state index in [0.717, 1.165) is 24.7 Å². The minimum atomic E-state index is -3.81. The van der Waals surface area contributed by atoms with Crippen LogP contribution in [0.1, 0.15) is 51.8 Å². The number of hydrogen-bond donors (Lipinski definition) is 1. The normalized spacial score (nSPS) is 17.2. The van der Waals surface area contributed by atoms with Crippen LogP contribution in [-0.4, -0.2) is 45.2 Å². The Morgan fingerprint density at radius 2 is 1.70 bits per heavy atom. The van der Waals surface area contributed by atoms with Crippen LogP contribution in [0, 0.1) is 17.6 Å². The van der Waals surface area contributed by atoms with E-state index in [9.17, 15) is 22.0 Å². The third kappa shape index (κ3) is 5.83. The molecule has 0 unspecified atom stereocenters. The van der Waals surface area contributed by atoms with Crippen molar-refractivity contribution < 1.29 is 26.7 Å². The second-order valence-electron chi connectivity index (χ2n) is 9.81. The van der Waals surface area contributed by atoms with Crippen LogP contribution in [0.3, 0.4) is 0 Å². The van der Waals surface area contributed by atoms with Crippen molar-refractivity contribution in [2.45, 2.75) is 24.8 Å². The van der Waals surface area contributed by atoms with Gasteiger partial charge in [-0.1, -0.05) is 48.5 Å². The van der Waals surface area contributed by atoms with Crippen LogP contribution < -0.4 is 9.46 Å². The summed E-state index contributed by atoms with van der Waals surface area (Å²) in [5, 5.41) is 0. The van der Waals surface area contributed by atoms with Gasteiger partial charge in [0.05, 0.1) is 24.5 Å². The zero-order valence-electron chi connectivity index (χ0n) is 20.4. The van der Waals surface area contributed by atoms with Crippen molar-refractivity contribution in [2.24, 2.45) is 5.92 Å². The van der Waals surface area contributed by atoms with E-state index < -0.39 is 21.7 Å². The summed E-state index contributed by atoms with van der Waals surface area (Å²) in [5.41, 5.74) is 2.02. The summed E-state index contributed by atoms with van der Waals surface area (Å²) < 4.78 is 60.1. The molecule has 1 aliphatic heterocycles. The first-order valence-electron chi connectivity index (χ1n) is 12.2. The molecule has 5 rings (SSSR count). The molecular formula is C28H28F2N2O4S. The fraction of sp³-hybridized carbons (Fsp3) is 0.321. The molecule has 194 valence electrons. The minimum absolute atomic E-state index is 0.154. The van der Waals surface area contributed by atoms with Crippen LogP contribution >= 0.6 is 0 Å². The Bertz CT molecular complexity index is 1400. The molecule has 1 heterocycles. The number of nitrogens with one attached hydrogen (secondary N) is 1. The van der Waals surface area contributed by atoms with E-state index in [1.54, 1.807) is 6.07 Å². The second-order valence-corrected chi connectivity index (χ2v) is 11.6. The molecule has 9 heteroatoms. The maximum atomic E-state index is 14.8. The van der Waals surface area contributed by atoms with Crippen molar-refractivity contribution in [1.29, 1.82) is 0 Å². The topological polar surface area (TPSA) is 75.7 Å². The van der Waals surface area contributed by atoms with Crippen LogP contribution in [0.4, 0.5) is 8.78 Å². The van der Waals surface area contributed by atoms with Gasteiger partial charge >= 0.3 is 0 Å². The summed E-state index contributed by atoms with van der Waals surface area (Å²) in [4.78, 5) is 14.5. The zero-order chi connectivity index (χ0) is 26.2. The van der Waals surface area contributed by atoms with Crippen LogP contribution in [0.5, 0.6) is 5.75 Å². The predicted octanol–water partition coefficient (Wildman–Crippen LogP) is 4.63. The maximum absolute atomic E-state index is 14.8. The van der Waals surface area contributed by atoms with Crippen molar-refractivity contribution in [2.75, 3.05) is 26.0 Å². The minimum Gasteiger partial charge on any atom is -0.493 e. The summed E-state index contributed by atoms with van der Waals surface area (Å²) in [6.45, 7) is 1.72. The molecule has 1 saturated heterocycles. The van der Waals surface area contributed by atoms with Gasteiger partial charge in [-0.25, -0.2) is 21.9 Å². The molecule has 6 nitrogen and oxygen atoms in total. The molecule has 0 aromatic heterocycles. The number of halogens is 2. The lowest BCUT2D eigenvalue weighted by Crippen LogP contribution is -2.51. The Morgan fingerprint density at radius 1 is 1.03 bits per heavy atom. The summed E-state index contributed by atoms with van der Waals surface area (Å²) in [6.07, 6.45) is 2.64. The smallest absolute Gasteiger partial charge is 0.267 e. The van der Waals surface area contributed by atoms with E-state index in [4.69, 9.17) is 4.74 Å². The molecule has 1 amide bonds. The maximum Gasteiger partial charge on any atom is 0.267 e. The van der Waals surface area contributed by atoms with Gasteiger partial charge in [-0.3, -0.25) is 9.69 Å². The van der Waals surface area contributed by atoms with Gasteiger partial charge < -0.3 is 4.74 Å². The Labute approximate surface area is 215 Å². The molecule has 0 spiro atoms. The van der Waals surface area contributed by atoms with Gasteiger partial charge in [0.2, 0.25) is 10.0 Å². The lowest BCUT2D eigenvalue weighted by Gasteiger charge is -2.44. The van der Waals surface area contributed by atoms with Crippen molar-refractivity contribution in [1.82, 2.24) is 9.62 Å². The Balaban J connectivity index is 1.28. The second kappa shape index (κ2) is 10.2. The molecule has 1 saturated carbocycles. The molecule has 37 heavy (non-hydrogen) atoms. The third-order valence-corrected chi connectivity index (χ3v) is 7.34.